The van der Waals surface area contributed by atoms with E-state index in [9.17, 15) is 14.9 Å². The number of nitrogens with one attached hydrogen (secondary N) is 2. The number of thiophene rings is 1. The molecule has 1 heterocycles. The Morgan fingerprint density at radius 3 is 2.71 bits per heavy atom. The molecule has 24 heavy (non-hydrogen) atoms. The van der Waals surface area contributed by atoms with Gasteiger partial charge in [-0.3, -0.25) is 14.9 Å². The van der Waals surface area contributed by atoms with Crippen LogP contribution in [0.1, 0.15) is 21.3 Å². The molecule has 1 aromatic heterocycles. The van der Waals surface area contributed by atoms with Crippen LogP contribution in [0.3, 0.4) is 0 Å². The van der Waals surface area contributed by atoms with Crippen molar-refractivity contribution >= 4 is 22.9 Å². The average Bonchev–Trinajstić information content (AvgIpc) is 3.08. The van der Waals surface area contributed by atoms with Crippen molar-refractivity contribution in [1.82, 2.24) is 5.32 Å². The SMILES string of the molecule is COc1ccc(C(=O)NC[C@H](c2cccs2)[NH+](C)C)cc1[N+](=O)[O-]. The number of rotatable bonds is 7. The molecule has 0 aliphatic rings. The van der Waals surface area contributed by atoms with Crippen molar-refractivity contribution in [2.24, 2.45) is 0 Å². The highest BCUT2D eigenvalue weighted by Gasteiger charge is 2.22. The second kappa shape index (κ2) is 7.89. The first kappa shape index (κ1) is 17.9. The van der Waals surface area contributed by atoms with E-state index in [1.165, 1.54) is 35.1 Å². The van der Waals surface area contributed by atoms with Crippen molar-refractivity contribution in [3.8, 4) is 5.75 Å². The summed E-state index contributed by atoms with van der Waals surface area (Å²) in [5.41, 5.74) is 0.0133. The largest absolute Gasteiger partial charge is 0.490 e. The van der Waals surface area contributed by atoms with Gasteiger partial charge in [-0.1, -0.05) is 6.07 Å². The summed E-state index contributed by atoms with van der Waals surface area (Å²) in [5, 5.41) is 15.9. The van der Waals surface area contributed by atoms with Crippen LogP contribution in [0.15, 0.2) is 35.7 Å². The summed E-state index contributed by atoms with van der Waals surface area (Å²) in [6, 6.07) is 8.32. The number of carbonyl (C=O) groups excluding carboxylic acids is 1. The molecule has 0 fully saturated rings. The third-order valence-corrected chi connectivity index (χ3v) is 4.67. The van der Waals surface area contributed by atoms with Gasteiger partial charge < -0.3 is 15.0 Å². The van der Waals surface area contributed by atoms with Gasteiger partial charge in [-0.15, -0.1) is 11.3 Å². The van der Waals surface area contributed by atoms with Crippen LogP contribution in [0.25, 0.3) is 0 Å². The molecule has 0 saturated carbocycles. The van der Waals surface area contributed by atoms with Crippen molar-refractivity contribution in [2.45, 2.75) is 6.04 Å². The summed E-state index contributed by atoms with van der Waals surface area (Å²) in [6.07, 6.45) is 0. The lowest BCUT2D eigenvalue weighted by Gasteiger charge is -2.20. The molecule has 0 saturated heterocycles. The minimum absolute atomic E-state index is 0.127. The van der Waals surface area contributed by atoms with Crippen LogP contribution in [-0.2, 0) is 0 Å². The molecule has 0 aliphatic carbocycles. The molecule has 2 aromatic rings. The number of methoxy groups -OCH3 is 1. The van der Waals surface area contributed by atoms with Crippen molar-refractivity contribution in [2.75, 3.05) is 27.7 Å². The number of nitrogens with zero attached hydrogens (tertiary/aromatic N) is 1. The number of amides is 1. The maximum atomic E-state index is 12.3. The van der Waals surface area contributed by atoms with E-state index in [2.05, 4.69) is 5.32 Å². The van der Waals surface area contributed by atoms with Crippen molar-refractivity contribution in [3.05, 3.63) is 56.3 Å². The molecule has 7 nitrogen and oxygen atoms in total. The number of carbonyl (C=O) groups is 1. The van der Waals surface area contributed by atoms with Crippen LogP contribution in [0.2, 0.25) is 0 Å². The minimum Gasteiger partial charge on any atom is -0.490 e. The lowest BCUT2D eigenvalue weighted by molar-refractivity contribution is -0.890. The van der Waals surface area contributed by atoms with E-state index < -0.39 is 4.92 Å². The Hall–Kier alpha value is -2.45. The maximum absolute atomic E-state index is 12.3. The number of nitro groups is 1. The van der Waals surface area contributed by atoms with Crippen LogP contribution < -0.4 is 15.0 Å². The van der Waals surface area contributed by atoms with Gasteiger partial charge in [0.05, 0.1) is 37.6 Å². The molecule has 1 aromatic carbocycles. The van der Waals surface area contributed by atoms with Gasteiger partial charge in [-0.05, 0) is 23.6 Å². The van der Waals surface area contributed by atoms with Crippen molar-refractivity contribution in [3.63, 3.8) is 0 Å². The molecule has 2 N–H and O–H groups in total. The molecule has 0 aliphatic heterocycles. The molecule has 0 unspecified atom stereocenters. The first-order valence-electron chi connectivity index (χ1n) is 7.38. The smallest absolute Gasteiger partial charge is 0.311 e. The Balaban J connectivity index is 2.12. The molecule has 2 rings (SSSR count). The number of quaternary nitrogens is 1. The van der Waals surface area contributed by atoms with E-state index >= 15 is 0 Å². The third-order valence-electron chi connectivity index (χ3n) is 3.69. The molecule has 8 heteroatoms. The predicted octanol–water partition coefficient (Wildman–Crippen LogP) is 1.28. The summed E-state index contributed by atoms with van der Waals surface area (Å²) in [7, 11) is 5.40. The topological polar surface area (TPSA) is 85.9 Å². The number of hydrogen-bond donors (Lipinski definition) is 2. The van der Waals surface area contributed by atoms with E-state index in [1.807, 2.05) is 31.6 Å². The van der Waals surface area contributed by atoms with Gasteiger partial charge in [-0.25, -0.2) is 0 Å². The Kier molecular flexibility index (Phi) is 5.88. The quantitative estimate of drug-likeness (QED) is 0.582. The van der Waals surface area contributed by atoms with Crippen molar-refractivity contribution in [1.29, 1.82) is 0 Å². The van der Waals surface area contributed by atoms with Crippen molar-refractivity contribution < 1.29 is 19.4 Å². The van der Waals surface area contributed by atoms with E-state index in [1.54, 1.807) is 11.3 Å². The zero-order valence-electron chi connectivity index (χ0n) is 13.7. The summed E-state index contributed by atoms with van der Waals surface area (Å²) < 4.78 is 4.94. The van der Waals surface area contributed by atoms with Gasteiger partial charge in [0.15, 0.2) is 5.75 Å². The first-order chi connectivity index (χ1) is 11.4. The highest BCUT2D eigenvalue weighted by Crippen LogP contribution is 2.27. The highest BCUT2D eigenvalue weighted by molar-refractivity contribution is 7.10. The Labute approximate surface area is 144 Å². The fourth-order valence-corrected chi connectivity index (χ4v) is 3.30. The number of benzene rings is 1. The van der Waals surface area contributed by atoms with Gasteiger partial charge in [-0.2, -0.15) is 0 Å². The molecular weight excluding hydrogens is 330 g/mol. The Bertz CT molecular complexity index is 716. The summed E-state index contributed by atoms with van der Waals surface area (Å²) >= 11 is 1.64. The maximum Gasteiger partial charge on any atom is 0.311 e. The van der Waals surface area contributed by atoms with Crippen LogP contribution in [0.4, 0.5) is 5.69 Å². The minimum atomic E-state index is -0.561. The predicted molar refractivity (Wildman–Crippen MR) is 91.9 cm³/mol. The third kappa shape index (κ3) is 4.09. The van der Waals surface area contributed by atoms with Gasteiger partial charge in [0.1, 0.15) is 6.04 Å². The number of ether oxygens (including phenoxy) is 1. The fraction of sp³-hybridized carbons (Fsp3) is 0.312. The normalized spacial score (nSPS) is 12.0. The Morgan fingerprint density at radius 2 is 2.17 bits per heavy atom. The number of likely N-dealkylation sites (N-methyl/N-ethyl adjacent to an activating group) is 1. The molecular formula is C16H20N3O4S+. The van der Waals surface area contributed by atoms with Gasteiger partial charge >= 0.3 is 5.69 Å². The highest BCUT2D eigenvalue weighted by atomic mass is 32.1. The lowest BCUT2D eigenvalue weighted by atomic mass is 10.1. The van der Waals surface area contributed by atoms with E-state index in [0.717, 1.165) is 0 Å². The van der Waals surface area contributed by atoms with Gasteiger partial charge in [0, 0.05) is 11.6 Å². The Morgan fingerprint density at radius 1 is 1.42 bits per heavy atom. The van der Waals surface area contributed by atoms with Gasteiger partial charge in [0.2, 0.25) is 0 Å². The number of nitro benzene ring substituents is 1. The summed E-state index contributed by atoms with van der Waals surface area (Å²) in [5.74, 6) is -0.214. The average molecular weight is 350 g/mol. The molecule has 128 valence electrons. The second-order valence-electron chi connectivity index (χ2n) is 5.50. The fourth-order valence-electron chi connectivity index (χ4n) is 2.35. The zero-order chi connectivity index (χ0) is 17.7. The molecule has 0 radical (unpaired) electrons. The zero-order valence-corrected chi connectivity index (χ0v) is 14.6. The van der Waals surface area contributed by atoms with Crippen LogP contribution in [0, 0.1) is 10.1 Å². The van der Waals surface area contributed by atoms with Gasteiger partial charge in [0.25, 0.3) is 5.91 Å². The first-order valence-corrected chi connectivity index (χ1v) is 8.26. The lowest BCUT2D eigenvalue weighted by Crippen LogP contribution is -3.06. The van der Waals surface area contributed by atoms with Crippen LogP contribution in [0.5, 0.6) is 5.75 Å². The molecule has 0 bridgehead atoms. The standard InChI is InChI=1S/C16H19N3O4S/c1-18(2)13(15-5-4-8-24-15)10-17-16(20)11-6-7-14(23-3)12(9-11)19(21)22/h4-9,13H,10H2,1-3H3,(H,17,20)/p+1/t13-/m1/s1. The van der Waals surface area contributed by atoms with E-state index in [4.69, 9.17) is 4.74 Å². The molecule has 1 atom stereocenters. The monoisotopic (exact) mass is 350 g/mol. The van der Waals surface area contributed by atoms with E-state index in [0.29, 0.717) is 6.54 Å². The summed E-state index contributed by atoms with van der Waals surface area (Å²) in [4.78, 5) is 25.2. The second-order valence-corrected chi connectivity index (χ2v) is 6.48. The summed E-state index contributed by atoms with van der Waals surface area (Å²) in [6.45, 7) is 0.446. The van der Waals surface area contributed by atoms with E-state index in [-0.39, 0.29) is 28.9 Å². The van der Waals surface area contributed by atoms with Crippen LogP contribution >= 0.6 is 11.3 Å². The number of hydrogen-bond acceptors (Lipinski definition) is 5. The molecule has 0 spiro atoms. The van der Waals surface area contributed by atoms with Crippen LogP contribution in [-0.4, -0.2) is 38.6 Å². The molecule has 1 amide bonds.